The second-order valence-electron chi connectivity index (χ2n) is 7.11. The molecule has 0 bridgehead atoms. The third kappa shape index (κ3) is 3.17. The maximum Gasteiger partial charge on any atom is 0.311 e. The van der Waals surface area contributed by atoms with Gasteiger partial charge in [0.25, 0.3) is 0 Å². The van der Waals surface area contributed by atoms with Gasteiger partial charge in [0.1, 0.15) is 0 Å². The highest BCUT2D eigenvalue weighted by molar-refractivity contribution is 5.79. The van der Waals surface area contributed by atoms with Gasteiger partial charge in [-0.2, -0.15) is 5.10 Å². The Hall–Kier alpha value is -1.89. The van der Waals surface area contributed by atoms with Crippen molar-refractivity contribution in [1.29, 1.82) is 0 Å². The summed E-state index contributed by atoms with van der Waals surface area (Å²) in [6.45, 7) is 2.00. The van der Waals surface area contributed by atoms with Gasteiger partial charge >= 0.3 is 5.97 Å². The topological polar surface area (TPSA) is 89.5 Å². The number of nitrogens with zero attached hydrogens (tertiary/aromatic N) is 3. The van der Waals surface area contributed by atoms with Crippen LogP contribution in [0.1, 0.15) is 37.7 Å². The monoisotopic (exact) mass is 334 g/mol. The third-order valence-corrected chi connectivity index (χ3v) is 5.71. The molecular weight excluding hydrogens is 308 g/mol. The molecule has 2 atom stereocenters. The van der Waals surface area contributed by atoms with E-state index >= 15 is 0 Å². The van der Waals surface area contributed by atoms with E-state index in [1.807, 2.05) is 18.1 Å². The molecule has 2 aliphatic heterocycles. The Bertz CT molecular complexity index is 589. The van der Waals surface area contributed by atoms with Crippen LogP contribution in [0.15, 0.2) is 12.4 Å². The molecule has 3 rings (SSSR count). The molecular formula is C17H26N4O3. The summed E-state index contributed by atoms with van der Waals surface area (Å²) in [5.41, 5.74) is 0.430. The van der Waals surface area contributed by atoms with E-state index in [1.165, 1.54) is 0 Å². The number of carbonyl (C=O) groups excluding carboxylic acids is 1. The lowest BCUT2D eigenvalue weighted by Crippen LogP contribution is -2.63. The number of likely N-dealkylation sites (N-methyl/N-ethyl adjacent to an activating group) is 1. The molecule has 3 heterocycles. The fourth-order valence-electron chi connectivity index (χ4n) is 4.23. The number of aromatic amines is 1. The van der Waals surface area contributed by atoms with E-state index in [0.29, 0.717) is 25.9 Å². The molecule has 0 spiro atoms. The molecule has 7 heteroatoms. The number of likely N-dealkylation sites (tertiary alicyclic amines) is 2. The lowest BCUT2D eigenvalue weighted by Gasteiger charge is -2.51. The second-order valence-corrected chi connectivity index (χ2v) is 7.11. The molecule has 1 amide bonds. The molecule has 0 aliphatic carbocycles. The van der Waals surface area contributed by atoms with Gasteiger partial charge in [-0.05, 0) is 51.3 Å². The Morgan fingerprint density at radius 2 is 2.25 bits per heavy atom. The normalized spacial score (nSPS) is 27.7. The minimum Gasteiger partial charge on any atom is -0.481 e. The lowest BCUT2D eigenvalue weighted by atomic mass is 9.68. The van der Waals surface area contributed by atoms with Gasteiger partial charge in [0.2, 0.25) is 5.91 Å². The standard InChI is InChI=1S/C17H26N4O3/c1-20-8-3-6-17(16(23)24)7-9-21(12-14(17)20)15(22)5-2-4-13-10-18-19-11-13/h10-11,14H,2-9,12H2,1H3,(H,18,19)(H,23,24)/t14-,17+/m1/s1. The zero-order chi connectivity index (χ0) is 17.2. The Morgan fingerprint density at radius 1 is 1.42 bits per heavy atom. The first-order chi connectivity index (χ1) is 11.5. The van der Waals surface area contributed by atoms with Crippen molar-refractivity contribution < 1.29 is 14.7 Å². The SMILES string of the molecule is CN1CCC[C@]2(C(=O)O)CCN(C(=O)CCCc3cn[nH]c3)C[C@@H]12. The Morgan fingerprint density at radius 3 is 2.96 bits per heavy atom. The molecule has 1 aromatic rings. The summed E-state index contributed by atoms with van der Waals surface area (Å²) in [5.74, 6) is -0.567. The number of rotatable bonds is 5. The summed E-state index contributed by atoms with van der Waals surface area (Å²) >= 11 is 0. The highest BCUT2D eigenvalue weighted by Crippen LogP contribution is 2.42. The first kappa shape index (κ1) is 17.0. The number of H-pyrrole nitrogens is 1. The summed E-state index contributed by atoms with van der Waals surface area (Å²) in [5, 5.41) is 16.5. The molecule has 2 N–H and O–H groups in total. The Labute approximate surface area is 142 Å². The largest absolute Gasteiger partial charge is 0.481 e. The van der Waals surface area contributed by atoms with Gasteiger partial charge in [-0.15, -0.1) is 0 Å². The highest BCUT2D eigenvalue weighted by atomic mass is 16.4. The number of carboxylic acids is 1. The number of carboxylic acid groups (broad SMARTS) is 1. The molecule has 0 unspecified atom stereocenters. The number of nitrogens with one attached hydrogen (secondary N) is 1. The molecule has 0 radical (unpaired) electrons. The predicted molar refractivity (Wildman–Crippen MR) is 88.4 cm³/mol. The van der Waals surface area contributed by atoms with E-state index in [1.54, 1.807) is 6.20 Å². The second kappa shape index (κ2) is 6.93. The number of aromatic nitrogens is 2. The van der Waals surface area contributed by atoms with Gasteiger partial charge < -0.3 is 14.9 Å². The van der Waals surface area contributed by atoms with E-state index in [0.717, 1.165) is 37.8 Å². The number of hydrogen-bond donors (Lipinski definition) is 2. The average molecular weight is 334 g/mol. The zero-order valence-corrected chi connectivity index (χ0v) is 14.2. The van der Waals surface area contributed by atoms with E-state index < -0.39 is 11.4 Å². The minimum atomic E-state index is -0.703. The lowest BCUT2D eigenvalue weighted by molar-refractivity contribution is -0.165. The molecule has 132 valence electrons. The summed E-state index contributed by atoms with van der Waals surface area (Å²) in [6.07, 6.45) is 7.95. The summed E-state index contributed by atoms with van der Waals surface area (Å²) in [7, 11) is 1.98. The maximum atomic E-state index is 12.5. The summed E-state index contributed by atoms with van der Waals surface area (Å²) < 4.78 is 0. The molecule has 1 aromatic heterocycles. The van der Waals surface area contributed by atoms with Crippen molar-refractivity contribution in [3.8, 4) is 0 Å². The number of fused-ring (bicyclic) bond motifs is 1. The third-order valence-electron chi connectivity index (χ3n) is 5.71. The molecule has 0 aromatic carbocycles. The molecule has 0 saturated carbocycles. The van der Waals surface area contributed by atoms with Crippen molar-refractivity contribution in [1.82, 2.24) is 20.0 Å². The van der Waals surface area contributed by atoms with E-state index in [-0.39, 0.29) is 11.9 Å². The fourth-order valence-corrected chi connectivity index (χ4v) is 4.23. The van der Waals surface area contributed by atoms with Gasteiger partial charge in [-0.3, -0.25) is 14.7 Å². The van der Waals surface area contributed by atoms with Crippen LogP contribution in [-0.4, -0.2) is 69.7 Å². The fraction of sp³-hybridized carbons (Fsp3) is 0.706. The van der Waals surface area contributed by atoms with Crippen LogP contribution in [0.2, 0.25) is 0 Å². The Kier molecular flexibility index (Phi) is 4.89. The molecule has 7 nitrogen and oxygen atoms in total. The van der Waals surface area contributed by atoms with Crippen LogP contribution in [0.3, 0.4) is 0 Å². The first-order valence-corrected chi connectivity index (χ1v) is 8.72. The highest BCUT2D eigenvalue weighted by Gasteiger charge is 2.52. The molecule has 2 saturated heterocycles. The van der Waals surface area contributed by atoms with E-state index in [2.05, 4.69) is 15.1 Å². The van der Waals surface area contributed by atoms with Gasteiger partial charge in [0.05, 0.1) is 11.6 Å². The van der Waals surface area contributed by atoms with Gasteiger partial charge in [-0.1, -0.05) is 0 Å². The van der Waals surface area contributed by atoms with Crippen LogP contribution >= 0.6 is 0 Å². The molecule has 2 aliphatic rings. The van der Waals surface area contributed by atoms with Crippen LogP contribution in [-0.2, 0) is 16.0 Å². The van der Waals surface area contributed by atoms with Crippen molar-refractivity contribution >= 4 is 11.9 Å². The van der Waals surface area contributed by atoms with Crippen LogP contribution in [0.4, 0.5) is 0 Å². The van der Waals surface area contributed by atoms with Crippen LogP contribution in [0, 0.1) is 5.41 Å². The number of piperidine rings is 2. The van der Waals surface area contributed by atoms with Crippen LogP contribution in [0.5, 0.6) is 0 Å². The van der Waals surface area contributed by atoms with Crippen LogP contribution < -0.4 is 0 Å². The quantitative estimate of drug-likeness (QED) is 0.842. The predicted octanol–water partition coefficient (Wildman–Crippen LogP) is 1.13. The Balaban J connectivity index is 1.58. The number of amides is 1. The van der Waals surface area contributed by atoms with E-state index in [9.17, 15) is 14.7 Å². The number of aryl methyl sites for hydroxylation is 1. The van der Waals surface area contributed by atoms with Crippen molar-refractivity contribution in [2.24, 2.45) is 5.41 Å². The van der Waals surface area contributed by atoms with Crippen molar-refractivity contribution in [2.45, 2.75) is 44.6 Å². The van der Waals surface area contributed by atoms with Crippen molar-refractivity contribution in [3.63, 3.8) is 0 Å². The smallest absolute Gasteiger partial charge is 0.311 e. The van der Waals surface area contributed by atoms with Crippen molar-refractivity contribution in [3.05, 3.63) is 18.0 Å². The number of aliphatic carboxylic acids is 1. The average Bonchev–Trinajstić information content (AvgIpc) is 3.08. The van der Waals surface area contributed by atoms with E-state index in [4.69, 9.17) is 0 Å². The number of carbonyl (C=O) groups is 2. The summed E-state index contributed by atoms with van der Waals surface area (Å²) in [6, 6.07) is -0.0738. The maximum absolute atomic E-state index is 12.5. The van der Waals surface area contributed by atoms with Gasteiger partial charge in [0.15, 0.2) is 0 Å². The first-order valence-electron chi connectivity index (χ1n) is 8.72. The minimum absolute atomic E-state index is 0.0738. The molecule has 24 heavy (non-hydrogen) atoms. The van der Waals surface area contributed by atoms with Gasteiger partial charge in [0, 0.05) is 31.7 Å². The van der Waals surface area contributed by atoms with Gasteiger partial charge in [-0.25, -0.2) is 0 Å². The summed E-state index contributed by atoms with van der Waals surface area (Å²) in [4.78, 5) is 28.4. The molecule has 2 fully saturated rings. The zero-order valence-electron chi connectivity index (χ0n) is 14.2. The number of hydrogen-bond acceptors (Lipinski definition) is 4. The van der Waals surface area contributed by atoms with Crippen LogP contribution in [0.25, 0.3) is 0 Å². The van der Waals surface area contributed by atoms with Crippen molar-refractivity contribution in [2.75, 3.05) is 26.7 Å².